The molecule has 5 heteroatoms. The zero-order valence-corrected chi connectivity index (χ0v) is 27.6. The van der Waals surface area contributed by atoms with Gasteiger partial charge in [0.05, 0.1) is 0 Å². The summed E-state index contributed by atoms with van der Waals surface area (Å²) >= 11 is -2.42. The lowest BCUT2D eigenvalue weighted by Crippen LogP contribution is -2.28. The monoisotopic (exact) mass is 566 g/mol. The second-order valence-corrected chi connectivity index (χ2v) is 17.4. The molecule has 1 unspecified atom stereocenters. The Labute approximate surface area is 241 Å². The molecule has 0 saturated carbocycles. The third kappa shape index (κ3) is 7.81. The molecule has 212 valence electrons. The molecule has 0 aliphatic carbocycles. The van der Waals surface area contributed by atoms with Gasteiger partial charge in [-0.05, 0) is 68.5 Å². The van der Waals surface area contributed by atoms with Crippen LogP contribution in [0.25, 0.3) is 0 Å². The van der Waals surface area contributed by atoms with Gasteiger partial charge in [-0.25, -0.2) is 0 Å². The van der Waals surface area contributed by atoms with E-state index in [1.54, 1.807) is 6.07 Å². The Balaban J connectivity index is 2.50. The first-order chi connectivity index (χ1) is 17.7. The van der Waals surface area contributed by atoms with E-state index in [1.807, 2.05) is 12.1 Å². The minimum Gasteiger partial charge on any atom is -0.379 e. The van der Waals surface area contributed by atoms with Crippen molar-refractivity contribution in [1.29, 1.82) is 0 Å². The van der Waals surface area contributed by atoms with Crippen LogP contribution in [0.5, 0.6) is 5.75 Å². The summed E-state index contributed by atoms with van der Waals surface area (Å²) < 4.78 is 27.1. The first kappa shape index (κ1) is 31.5. The molecule has 0 fully saturated rings. The standard InChI is InChI=1S/C34H47O3PS/c1-31(2,3)23-17-24(32(4,5)6)20-27(19-23)38(30-16-14-13-15-29(30)37-39(35)36)28-21-25(33(7,8)9)18-26(22-28)34(10,11)12/h13-22H,1-12H3,(H,35,36). The molecular weight excluding hydrogens is 519 g/mol. The van der Waals surface area contributed by atoms with Crippen molar-refractivity contribution in [1.82, 2.24) is 0 Å². The van der Waals surface area contributed by atoms with Crippen molar-refractivity contribution in [3.63, 3.8) is 0 Å². The molecule has 1 N–H and O–H groups in total. The molecule has 0 saturated heterocycles. The minimum absolute atomic E-state index is 0.0382. The van der Waals surface area contributed by atoms with Crippen LogP contribution in [0, 0.1) is 0 Å². The maximum absolute atomic E-state index is 11.9. The molecule has 0 aliphatic heterocycles. The van der Waals surface area contributed by atoms with Crippen LogP contribution in [0.3, 0.4) is 0 Å². The summed E-state index contributed by atoms with van der Waals surface area (Å²) in [5.41, 5.74) is 4.98. The summed E-state index contributed by atoms with van der Waals surface area (Å²) in [6.45, 7) is 27.1. The summed E-state index contributed by atoms with van der Waals surface area (Å²) in [7, 11) is -1.12. The van der Waals surface area contributed by atoms with Gasteiger partial charge >= 0.3 is 11.4 Å². The number of hydrogen-bond acceptors (Lipinski definition) is 2. The van der Waals surface area contributed by atoms with Gasteiger partial charge in [0.15, 0.2) is 5.75 Å². The molecule has 0 heterocycles. The van der Waals surface area contributed by atoms with Gasteiger partial charge < -0.3 is 4.18 Å². The third-order valence-corrected chi connectivity index (χ3v) is 9.81. The number of rotatable bonds is 5. The summed E-state index contributed by atoms with van der Waals surface area (Å²) in [4.78, 5) is 0. The highest BCUT2D eigenvalue weighted by molar-refractivity contribution is 7.80. The first-order valence-corrected chi connectivity index (χ1v) is 16.1. The Hall–Kier alpha value is -2.00. The topological polar surface area (TPSA) is 46.5 Å². The predicted molar refractivity (Wildman–Crippen MR) is 171 cm³/mol. The van der Waals surface area contributed by atoms with Crippen LogP contribution in [0.2, 0.25) is 0 Å². The van der Waals surface area contributed by atoms with Crippen LogP contribution < -0.4 is 20.1 Å². The zero-order valence-electron chi connectivity index (χ0n) is 25.9. The fourth-order valence-electron chi connectivity index (χ4n) is 4.43. The van der Waals surface area contributed by atoms with E-state index in [9.17, 15) is 8.76 Å². The Morgan fingerprint density at radius 2 is 0.923 bits per heavy atom. The van der Waals surface area contributed by atoms with Gasteiger partial charge in [0.1, 0.15) is 0 Å². The highest BCUT2D eigenvalue weighted by Crippen LogP contribution is 2.42. The lowest BCUT2D eigenvalue weighted by atomic mass is 9.81. The molecule has 1 atom stereocenters. The van der Waals surface area contributed by atoms with E-state index >= 15 is 0 Å². The van der Waals surface area contributed by atoms with Gasteiger partial charge in [-0.2, -0.15) is 4.21 Å². The van der Waals surface area contributed by atoms with Gasteiger partial charge in [0.25, 0.3) is 0 Å². The summed E-state index contributed by atoms with van der Waals surface area (Å²) in [5.74, 6) is 0.446. The van der Waals surface area contributed by atoms with E-state index in [4.69, 9.17) is 4.18 Å². The molecule has 3 nitrogen and oxygen atoms in total. The van der Waals surface area contributed by atoms with Crippen molar-refractivity contribution in [3.05, 3.63) is 82.9 Å². The number of benzene rings is 3. The Kier molecular flexibility index (Phi) is 8.98. The highest BCUT2D eigenvalue weighted by Gasteiger charge is 2.29. The van der Waals surface area contributed by atoms with E-state index in [-0.39, 0.29) is 21.7 Å². The predicted octanol–water partition coefficient (Wildman–Crippen LogP) is 8.15. The molecule has 39 heavy (non-hydrogen) atoms. The van der Waals surface area contributed by atoms with Crippen molar-refractivity contribution in [2.45, 2.75) is 105 Å². The van der Waals surface area contributed by atoms with Gasteiger partial charge in [0, 0.05) is 5.30 Å². The molecule has 0 amide bonds. The lowest BCUT2D eigenvalue weighted by molar-refractivity contribution is 0.459. The van der Waals surface area contributed by atoms with Crippen molar-refractivity contribution in [3.8, 4) is 5.75 Å². The van der Waals surface area contributed by atoms with Gasteiger partial charge in [-0.15, -0.1) is 0 Å². The lowest BCUT2D eigenvalue weighted by Gasteiger charge is -2.31. The van der Waals surface area contributed by atoms with Gasteiger partial charge in [0.2, 0.25) is 0 Å². The second kappa shape index (κ2) is 11.1. The van der Waals surface area contributed by atoms with E-state index < -0.39 is 19.3 Å². The van der Waals surface area contributed by atoms with E-state index in [1.165, 1.54) is 32.9 Å². The van der Waals surface area contributed by atoms with Gasteiger partial charge in [-0.1, -0.05) is 138 Å². The maximum atomic E-state index is 11.9. The Bertz CT molecular complexity index is 1210. The smallest absolute Gasteiger partial charge is 0.357 e. The molecule has 0 spiro atoms. The van der Waals surface area contributed by atoms with Crippen molar-refractivity contribution in [2.75, 3.05) is 0 Å². The fourth-order valence-corrected chi connectivity index (χ4v) is 7.29. The molecule has 3 aromatic carbocycles. The Morgan fingerprint density at radius 1 is 0.590 bits per heavy atom. The van der Waals surface area contributed by atoms with Crippen LogP contribution in [0.4, 0.5) is 0 Å². The van der Waals surface area contributed by atoms with E-state index in [2.05, 4.69) is 126 Å². The average molecular weight is 567 g/mol. The van der Waals surface area contributed by atoms with Crippen LogP contribution in [-0.2, 0) is 33.0 Å². The third-order valence-electron chi connectivity index (χ3n) is 7.08. The number of hydrogen-bond donors (Lipinski definition) is 1. The van der Waals surface area contributed by atoms with Crippen LogP contribution in [-0.4, -0.2) is 8.76 Å². The van der Waals surface area contributed by atoms with Crippen LogP contribution >= 0.6 is 7.92 Å². The Morgan fingerprint density at radius 3 is 1.23 bits per heavy atom. The second-order valence-electron chi connectivity index (χ2n) is 14.6. The van der Waals surface area contributed by atoms with Crippen molar-refractivity contribution in [2.24, 2.45) is 0 Å². The molecule has 3 rings (SSSR count). The van der Waals surface area contributed by atoms with Gasteiger partial charge in [-0.3, -0.25) is 4.55 Å². The van der Waals surface area contributed by atoms with Crippen molar-refractivity contribution >= 4 is 35.2 Å². The summed E-state index contributed by atoms with van der Waals surface area (Å²) in [6.07, 6.45) is 0. The van der Waals surface area contributed by atoms with Crippen LogP contribution in [0.15, 0.2) is 60.7 Å². The molecule has 3 aromatic rings. The summed E-state index contributed by atoms with van der Waals surface area (Å²) in [5, 5.41) is 3.37. The molecule has 0 aromatic heterocycles. The normalized spacial score (nSPS) is 14.0. The highest BCUT2D eigenvalue weighted by atomic mass is 32.2. The molecular formula is C34H47O3PS. The molecule has 0 aliphatic rings. The summed E-state index contributed by atoms with van der Waals surface area (Å²) in [6, 6.07) is 21.8. The average Bonchev–Trinajstić information content (AvgIpc) is 2.77. The quantitative estimate of drug-likeness (QED) is 0.250. The fraction of sp³-hybridized carbons (Fsp3) is 0.471. The van der Waals surface area contributed by atoms with Crippen molar-refractivity contribution < 1.29 is 12.9 Å². The van der Waals surface area contributed by atoms with Crippen LogP contribution in [0.1, 0.15) is 105 Å². The minimum atomic E-state index is -2.42. The maximum Gasteiger partial charge on any atom is 0.357 e. The molecule has 0 bridgehead atoms. The SMILES string of the molecule is CC(C)(C)c1cc(P(c2cc(C(C)(C)C)cc(C(C)(C)C)c2)c2ccccc2OS(=O)O)cc(C(C)(C)C)c1. The first-order valence-electron chi connectivity index (χ1n) is 13.7. The van der Waals surface area contributed by atoms with E-state index in [0.717, 1.165) is 5.30 Å². The largest absolute Gasteiger partial charge is 0.379 e. The number of para-hydroxylation sites is 1. The van der Waals surface area contributed by atoms with E-state index in [0.29, 0.717) is 5.75 Å². The zero-order chi connectivity index (χ0) is 29.6. The molecule has 0 radical (unpaired) electrons.